The van der Waals surface area contributed by atoms with E-state index in [1.54, 1.807) is 12.1 Å². The maximum atomic E-state index is 8.21. The van der Waals surface area contributed by atoms with Crippen molar-refractivity contribution in [3.63, 3.8) is 0 Å². The Morgan fingerprint density at radius 1 is 1.13 bits per heavy atom. The van der Waals surface area contributed by atoms with Crippen molar-refractivity contribution in [2.75, 3.05) is 11.9 Å². The van der Waals surface area contributed by atoms with Gasteiger partial charge in [0.25, 0.3) is 0 Å². The number of benzene rings is 2. The zero-order valence-corrected chi connectivity index (χ0v) is 17.5. The fraction of sp³-hybridized carbons (Fsp3) is 0.182. The van der Waals surface area contributed by atoms with Gasteiger partial charge in [-0.2, -0.15) is 15.2 Å². The Hall–Kier alpha value is -3.65. The number of fused-ring (bicyclic) bond motifs is 1. The topological polar surface area (TPSA) is 107 Å². The van der Waals surface area contributed by atoms with Crippen molar-refractivity contribution < 1.29 is 0 Å². The van der Waals surface area contributed by atoms with Gasteiger partial charge in [0.05, 0.1) is 23.1 Å². The van der Waals surface area contributed by atoms with Crippen LogP contribution in [0.2, 0.25) is 5.02 Å². The molecule has 0 saturated heterocycles. The number of rotatable bonds is 5. The van der Waals surface area contributed by atoms with Crippen molar-refractivity contribution in [3.8, 4) is 11.3 Å². The van der Waals surface area contributed by atoms with Crippen LogP contribution in [0.4, 0.5) is 11.5 Å². The Morgan fingerprint density at radius 3 is 2.68 bits per heavy atom. The van der Waals surface area contributed by atoms with Gasteiger partial charge in [-0.1, -0.05) is 29.0 Å². The molecule has 5 rings (SSSR count). The molecule has 1 saturated carbocycles. The van der Waals surface area contributed by atoms with Gasteiger partial charge in [0.15, 0.2) is 0 Å². The van der Waals surface area contributed by atoms with Gasteiger partial charge >= 0.3 is 0 Å². The van der Waals surface area contributed by atoms with Crippen LogP contribution in [0.1, 0.15) is 24.5 Å². The number of anilines is 2. The van der Waals surface area contributed by atoms with Gasteiger partial charge in [-0.25, -0.2) is 0 Å². The van der Waals surface area contributed by atoms with Crippen LogP contribution in [0.5, 0.6) is 0 Å². The summed E-state index contributed by atoms with van der Waals surface area (Å²) in [5, 5.41) is 12.9. The van der Waals surface area contributed by atoms with E-state index in [4.69, 9.17) is 22.5 Å². The van der Waals surface area contributed by atoms with Crippen molar-refractivity contribution in [1.29, 1.82) is 10.9 Å². The third kappa shape index (κ3) is 3.55. The normalized spacial score (nSPS) is 13.4. The van der Waals surface area contributed by atoms with Crippen molar-refractivity contribution in [2.24, 2.45) is 5.22 Å². The van der Waals surface area contributed by atoms with E-state index in [1.165, 1.54) is 12.8 Å². The smallest absolute Gasteiger partial charge is 0.246 e. The third-order valence-corrected chi connectivity index (χ3v) is 5.69. The van der Waals surface area contributed by atoms with Gasteiger partial charge in [0, 0.05) is 40.8 Å². The lowest BCUT2D eigenvalue weighted by molar-refractivity contribution is 0.704. The second-order valence-electron chi connectivity index (χ2n) is 7.54. The lowest BCUT2D eigenvalue weighted by atomic mass is 10.1. The second-order valence-corrected chi connectivity index (χ2v) is 7.98. The van der Waals surface area contributed by atoms with E-state index in [0.29, 0.717) is 22.3 Å². The number of halogens is 1. The van der Waals surface area contributed by atoms with Crippen LogP contribution in [-0.4, -0.2) is 26.7 Å². The van der Waals surface area contributed by atoms with Crippen LogP contribution in [0.25, 0.3) is 22.2 Å². The zero-order chi connectivity index (χ0) is 21.5. The maximum Gasteiger partial charge on any atom is 0.246 e. The predicted octanol–water partition coefficient (Wildman–Crippen LogP) is 5.07. The van der Waals surface area contributed by atoms with Gasteiger partial charge in [-0.05, 0) is 43.2 Å². The number of nitrogens with zero attached hydrogens (tertiary/aromatic N) is 6. The lowest BCUT2D eigenvalue weighted by Crippen LogP contribution is -2.24. The Balaban J connectivity index is 1.57. The largest absolute Gasteiger partial charge is 0.329 e. The molecule has 0 atom stereocenters. The monoisotopic (exact) mass is 430 g/mol. The highest BCUT2D eigenvalue weighted by molar-refractivity contribution is 6.31. The average molecular weight is 431 g/mol. The van der Waals surface area contributed by atoms with E-state index in [-0.39, 0.29) is 5.62 Å². The summed E-state index contributed by atoms with van der Waals surface area (Å²) in [5.74, 6) is 1.14. The van der Waals surface area contributed by atoms with Crippen LogP contribution in [0, 0.1) is 10.9 Å². The minimum atomic E-state index is -0.149. The van der Waals surface area contributed by atoms with Crippen molar-refractivity contribution in [2.45, 2.75) is 18.8 Å². The summed E-state index contributed by atoms with van der Waals surface area (Å²) in [5.41, 5.74) is 11.5. The predicted molar refractivity (Wildman–Crippen MR) is 119 cm³/mol. The highest BCUT2D eigenvalue weighted by Gasteiger charge is 2.25. The quantitative estimate of drug-likeness (QED) is 0.431. The van der Waals surface area contributed by atoms with E-state index in [0.717, 1.165) is 32.7 Å². The summed E-state index contributed by atoms with van der Waals surface area (Å²) in [4.78, 5) is 15.5. The van der Waals surface area contributed by atoms with E-state index in [1.807, 2.05) is 54.7 Å². The molecule has 2 aromatic carbocycles. The third-order valence-electron chi connectivity index (χ3n) is 5.46. The van der Waals surface area contributed by atoms with Crippen LogP contribution < -0.4 is 10.5 Å². The molecule has 0 spiro atoms. The van der Waals surface area contributed by atoms with E-state index < -0.39 is 0 Å². The molecule has 0 amide bonds. The summed E-state index contributed by atoms with van der Waals surface area (Å²) >= 11 is 6.15. The molecular formula is C22H19ClN8. The van der Waals surface area contributed by atoms with E-state index >= 15 is 0 Å². The molecule has 2 heterocycles. The summed E-state index contributed by atoms with van der Waals surface area (Å²) in [6.45, 7) is 0. The van der Waals surface area contributed by atoms with Crippen LogP contribution in [-0.2, 0) is 0 Å². The number of aromatic nitrogens is 4. The molecule has 0 bridgehead atoms. The summed E-state index contributed by atoms with van der Waals surface area (Å²) in [7, 11) is 1.89. The molecule has 0 aliphatic heterocycles. The first-order valence-electron chi connectivity index (χ1n) is 9.86. The summed E-state index contributed by atoms with van der Waals surface area (Å²) in [6, 6.07) is 13.2. The molecule has 154 valence electrons. The molecule has 2 N–H and O–H groups in total. The first kappa shape index (κ1) is 19.3. The van der Waals surface area contributed by atoms with E-state index in [9.17, 15) is 0 Å². The lowest BCUT2D eigenvalue weighted by Gasteiger charge is -2.21. The molecule has 1 aliphatic rings. The van der Waals surface area contributed by atoms with Gasteiger partial charge in [0.1, 0.15) is 5.82 Å². The Morgan fingerprint density at radius 2 is 1.97 bits per heavy atom. The molecule has 1 aliphatic carbocycles. The fourth-order valence-corrected chi connectivity index (χ4v) is 3.79. The van der Waals surface area contributed by atoms with Crippen molar-refractivity contribution in [3.05, 3.63) is 71.2 Å². The fourth-order valence-electron chi connectivity index (χ4n) is 3.62. The molecular weight excluding hydrogens is 412 g/mol. The minimum Gasteiger partial charge on any atom is -0.329 e. The van der Waals surface area contributed by atoms with E-state index in [2.05, 4.69) is 20.2 Å². The van der Waals surface area contributed by atoms with Gasteiger partial charge in [-0.15, -0.1) is 0 Å². The highest BCUT2D eigenvalue weighted by Crippen LogP contribution is 2.39. The molecule has 9 heteroatoms. The first-order chi connectivity index (χ1) is 15.0. The van der Waals surface area contributed by atoms with Gasteiger partial charge in [0.2, 0.25) is 5.62 Å². The Labute approximate surface area is 183 Å². The molecule has 0 unspecified atom stereocenters. The van der Waals surface area contributed by atoms with Crippen molar-refractivity contribution >= 4 is 34.0 Å². The average Bonchev–Trinajstić information content (AvgIpc) is 3.64. The summed E-state index contributed by atoms with van der Waals surface area (Å²) in [6.07, 6.45) is 6.09. The molecule has 31 heavy (non-hydrogen) atoms. The first-order valence-corrected chi connectivity index (χ1v) is 10.2. The summed E-state index contributed by atoms with van der Waals surface area (Å²) < 4.78 is 1.14. The van der Waals surface area contributed by atoms with Crippen LogP contribution in [0.3, 0.4) is 0 Å². The van der Waals surface area contributed by atoms with Gasteiger partial charge < -0.3 is 4.90 Å². The second kappa shape index (κ2) is 7.55. The molecule has 4 aromatic rings. The number of hydrogen-bond acceptors (Lipinski definition) is 7. The standard InChI is InChI=1S/C22H19ClN8/c1-30(21-17-8-7-15(23)10-20(17)31(29-25)22(24)28-21)16-4-2-3-14(9-16)19-12-26-18(11-27-19)13-5-6-13/h2-4,7-13,24-25H,5-6H2,1H3. The van der Waals surface area contributed by atoms with Crippen molar-refractivity contribution in [1.82, 2.24) is 19.6 Å². The zero-order valence-electron chi connectivity index (χ0n) is 16.7. The molecule has 2 aromatic heterocycles. The SMILES string of the molecule is CN(c1cccc(-c2cnc(C3CC3)cn2)c1)c1nc(=N)n(N=N)c2cc(Cl)ccc12. The number of hydrogen-bond donors (Lipinski definition) is 2. The molecule has 0 radical (unpaired) electrons. The Kier molecular flexibility index (Phi) is 4.71. The molecule has 8 nitrogen and oxygen atoms in total. The molecule has 1 fully saturated rings. The Bertz CT molecular complexity index is 1360. The maximum absolute atomic E-state index is 8.21. The van der Waals surface area contributed by atoms with Gasteiger partial charge in [-0.3, -0.25) is 15.4 Å². The highest BCUT2D eigenvalue weighted by atomic mass is 35.5. The minimum absolute atomic E-state index is 0.149. The van der Waals surface area contributed by atoms with Crippen LogP contribution >= 0.6 is 11.6 Å². The number of nitrogens with one attached hydrogen (secondary N) is 2. The van der Waals surface area contributed by atoms with Crippen LogP contribution in [0.15, 0.2) is 60.1 Å².